The smallest absolute Gasteiger partial charge is 0.331 e. The van der Waals surface area contributed by atoms with Gasteiger partial charge in [-0.3, -0.25) is 0 Å². The maximum absolute atomic E-state index is 11.5. The minimum absolute atomic E-state index is 0.132. The summed E-state index contributed by atoms with van der Waals surface area (Å²) in [7, 11) is 0. The first-order chi connectivity index (χ1) is 8.26. The summed E-state index contributed by atoms with van der Waals surface area (Å²) < 4.78 is 5.25. The highest BCUT2D eigenvalue weighted by Crippen LogP contribution is 2.04. The van der Waals surface area contributed by atoms with Crippen LogP contribution in [0.3, 0.4) is 0 Å². The Balaban J connectivity index is 2.52. The Morgan fingerprint density at radius 2 is 2.06 bits per heavy atom. The van der Waals surface area contributed by atoms with Gasteiger partial charge in [0.1, 0.15) is 6.10 Å². The van der Waals surface area contributed by atoms with Crippen LogP contribution in [0.5, 0.6) is 0 Å². The number of carbonyl (C=O) groups excluding carboxylic acids is 1. The van der Waals surface area contributed by atoms with Gasteiger partial charge in [0, 0.05) is 6.08 Å². The Kier molecular flexibility index (Phi) is 5.80. The molecule has 0 radical (unpaired) electrons. The summed E-state index contributed by atoms with van der Waals surface area (Å²) in [5.41, 5.74) is 0.989. The lowest BCUT2D eigenvalue weighted by Crippen LogP contribution is -2.12. The first-order valence-electron chi connectivity index (χ1n) is 5.82. The Labute approximate surface area is 103 Å². The molecule has 0 saturated carbocycles. The Bertz CT molecular complexity index is 391. The first-order valence-corrected chi connectivity index (χ1v) is 5.82. The van der Waals surface area contributed by atoms with Crippen LogP contribution in [0.1, 0.15) is 25.8 Å². The minimum Gasteiger partial charge on any atom is -0.455 e. The van der Waals surface area contributed by atoms with Crippen LogP contribution < -0.4 is 0 Å². The van der Waals surface area contributed by atoms with Gasteiger partial charge in [0.2, 0.25) is 0 Å². The number of rotatable bonds is 5. The molecule has 90 valence electrons. The third-order valence-electron chi connectivity index (χ3n) is 2.29. The zero-order valence-corrected chi connectivity index (χ0v) is 10.3. The predicted octanol–water partition coefficient (Wildman–Crippen LogP) is 3.60. The molecule has 0 aliphatic heterocycles. The zero-order valence-electron chi connectivity index (χ0n) is 10.3. The summed E-state index contributed by atoms with van der Waals surface area (Å²) in [6.07, 6.45) is 7.64. The van der Waals surface area contributed by atoms with Gasteiger partial charge >= 0.3 is 5.97 Å². The second kappa shape index (κ2) is 7.44. The highest BCUT2D eigenvalue weighted by atomic mass is 16.5. The van der Waals surface area contributed by atoms with Crippen molar-refractivity contribution in [2.45, 2.75) is 26.4 Å². The molecule has 2 nitrogen and oxygen atoms in total. The standard InChI is InChI=1S/C15H18O2/c1-3-8-14(4-2)17-15(16)12-11-13-9-6-5-7-10-13/h3,5-12,14H,4H2,1-2H3/b8-3+,12-11+. The predicted molar refractivity (Wildman–Crippen MR) is 70.5 cm³/mol. The van der Waals surface area contributed by atoms with Crippen LogP contribution in [-0.2, 0) is 9.53 Å². The SMILES string of the molecule is C/C=C/C(CC)OC(=O)/C=C/c1ccccc1. The molecular formula is C15H18O2. The van der Waals surface area contributed by atoms with E-state index in [0.717, 1.165) is 12.0 Å². The van der Waals surface area contributed by atoms with Gasteiger partial charge in [0.25, 0.3) is 0 Å². The highest BCUT2D eigenvalue weighted by molar-refractivity contribution is 5.87. The lowest BCUT2D eigenvalue weighted by molar-refractivity contribution is -0.140. The van der Waals surface area contributed by atoms with E-state index in [1.165, 1.54) is 6.08 Å². The summed E-state index contributed by atoms with van der Waals surface area (Å²) in [5, 5.41) is 0. The van der Waals surface area contributed by atoms with Crippen molar-refractivity contribution in [1.29, 1.82) is 0 Å². The van der Waals surface area contributed by atoms with Crippen molar-refractivity contribution in [3.8, 4) is 0 Å². The molecule has 0 heterocycles. The highest BCUT2D eigenvalue weighted by Gasteiger charge is 2.05. The number of ether oxygens (including phenoxy) is 1. The largest absolute Gasteiger partial charge is 0.455 e. The summed E-state index contributed by atoms with van der Waals surface area (Å²) in [4.78, 5) is 11.5. The van der Waals surface area contributed by atoms with Crippen LogP contribution >= 0.6 is 0 Å². The lowest BCUT2D eigenvalue weighted by atomic mass is 10.2. The molecule has 0 amide bonds. The summed E-state index contributed by atoms with van der Waals surface area (Å²) in [6, 6.07) is 9.67. The van der Waals surface area contributed by atoms with E-state index in [-0.39, 0.29) is 12.1 Å². The van der Waals surface area contributed by atoms with Gasteiger partial charge in [0.15, 0.2) is 0 Å². The third kappa shape index (κ3) is 5.16. The fourth-order valence-corrected chi connectivity index (χ4v) is 1.39. The molecule has 1 rings (SSSR count). The van der Waals surface area contributed by atoms with Crippen LogP contribution in [-0.4, -0.2) is 12.1 Å². The van der Waals surface area contributed by atoms with Crippen molar-refractivity contribution in [3.05, 3.63) is 54.1 Å². The molecule has 0 fully saturated rings. The molecule has 0 spiro atoms. The monoisotopic (exact) mass is 230 g/mol. The molecule has 1 atom stereocenters. The summed E-state index contributed by atoms with van der Waals surface area (Å²) in [6.45, 7) is 3.90. The van der Waals surface area contributed by atoms with E-state index < -0.39 is 0 Å². The fraction of sp³-hybridized carbons (Fsp3) is 0.267. The third-order valence-corrected chi connectivity index (χ3v) is 2.29. The average Bonchev–Trinajstić information content (AvgIpc) is 2.37. The quantitative estimate of drug-likeness (QED) is 0.439. The van der Waals surface area contributed by atoms with E-state index in [9.17, 15) is 4.79 Å². The van der Waals surface area contributed by atoms with E-state index in [1.807, 2.05) is 56.3 Å². The topological polar surface area (TPSA) is 26.3 Å². The lowest BCUT2D eigenvalue weighted by Gasteiger charge is -2.09. The molecule has 0 aliphatic rings. The molecule has 0 aliphatic carbocycles. The number of hydrogen-bond acceptors (Lipinski definition) is 2. The van der Waals surface area contributed by atoms with Crippen molar-refractivity contribution in [3.63, 3.8) is 0 Å². The molecule has 0 aromatic heterocycles. The van der Waals surface area contributed by atoms with E-state index in [0.29, 0.717) is 0 Å². The van der Waals surface area contributed by atoms with Gasteiger partial charge in [-0.05, 0) is 31.1 Å². The van der Waals surface area contributed by atoms with Crippen LogP contribution in [0.4, 0.5) is 0 Å². The van der Waals surface area contributed by atoms with Gasteiger partial charge in [-0.15, -0.1) is 0 Å². The van der Waals surface area contributed by atoms with Gasteiger partial charge in [-0.2, -0.15) is 0 Å². The number of benzene rings is 1. The molecule has 17 heavy (non-hydrogen) atoms. The summed E-state index contributed by atoms with van der Waals surface area (Å²) >= 11 is 0. The van der Waals surface area contributed by atoms with E-state index >= 15 is 0 Å². The van der Waals surface area contributed by atoms with Gasteiger partial charge in [-0.25, -0.2) is 4.79 Å². The zero-order chi connectivity index (χ0) is 12.5. The molecular weight excluding hydrogens is 212 g/mol. The second-order valence-electron chi connectivity index (χ2n) is 3.65. The minimum atomic E-state index is -0.307. The number of carbonyl (C=O) groups is 1. The number of esters is 1. The number of allylic oxidation sites excluding steroid dienone is 1. The normalized spacial score (nSPS) is 13.1. The first kappa shape index (κ1) is 13.2. The second-order valence-corrected chi connectivity index (χ2v) is 3.65. The maximum Gasteiger partial charge on any atom is 0.331 e. The molecule has 2 heteroatoms. The van der Waals surface area contributed by atoms with Gasteiger partial charge < -0.3 is 4.74 Å². The molecule has 0 N–H and O–H groups in total. The summed E-state index contributed by atoms with van der Waals surface area (Å²) in [5.74, 6) is -0.307. The number of hydrogen-bond donors (Lipinski definition) is 0. The van der Waals surface area contributed by atoms with Crippen LogP contribution in [0.15, 0.2) is 48.6 Å². The van der Waals surface area contributed by atoms with Crippen LogP contribution in [0.2, 0.25) is 0 Å². The van der Waals surface area contributed by atoms with E-state index in [4.69, 9.17) is 4.74 Å². The average molecular weight is 230 g/mol. The van der Waals surface area contributed by atoms with Crippen LogP contribution in [0.25, 0.3) is 6.08 Å². The Morgan fingerprint density at radius 1 is 1.35 bits per heavy atom. The van der Waals surface area contributed by atoms with Crippen molar-refractivity contribution >= 4 is 12.0 Å². The van der Waals surface area contributed by atoms with Crippen molar-refractivity contribution in [1.82, 2.24) is 0 Å². The Hall–Kier alpha value is -1.83. The Morgan fingerprint density at radius 3 is 2.65 bits per heavy atom. The van der Waals surface area contributed by atoms with Crippen molar-refractivity contribution in [2.24, 2.45) is 0 Å². The van der Waals surface area contributed by atoms with Crippen molar-refractivity contribution in [2.75, 3.05) is 0 Å². The van der Waals surface area contributed by atoms with Gasteiger partial charge in [0.05, 0.1) is 0 Å². The molecule has 0 bridgehead atoms. The molecule has 1 aromatic carbocycles. The maximum atomic E-state index is 11.5. The molecule has 0 saturated heterocycles. The fourth-order valence-electron chi connectivity index (χ4n) is 1.39. The van der Waals surface area contributed by atoms with E-state index in [1.54, 1.807) is 6.08 Å². The van der Waals surface area contributed by atoms with Crippen LogP contribution in [0, 0.1) is 0 Å². The van der Waals surface area contributed by atoms with Crippen molar-refractivity contribution < 1.29 is 9.53 Å². The molecule has 1 unspecified atom stereocenters. The van der Waals surface area contributed by atoms with Gasteiger partial charge in [-0.1, -0.05) is 43.3 Å². The van der Waals surface area contributed by atoms with E-state index in [2.05, 4.69) is 0 Å². The molecule has 1 aromatic rings.